The summed E-state index contributed by atoms with van der Waals surface area (Å²) in [4.78, 5) is 17.5. The van der Waals surface area contributed by atoms with E-state index in [1.165, 1.54) is 4.90 Å². The molecular formula is C17H32N4O3. The fraction of sp³-hybridized carbons (Fsp3) is 0.765. The first-order chi connectivity index (χ1) is 11.5. The van der Waals surface area contributed by atoms with Gasteiger partial charge in [0, 0.05) is 40.4 Å². The predicted octanol–water partition coefficient (Wildman–Crippen LogP) is 0.772. The second-order valence-corrected chi connectivity index (χ2v) is 6.25. The second kappa shape index (κ2) is 11.9. The highest BCUT2D eigenvalue weighted by Gasteiger charge is 2.14. The Bertz CT molecular complexity index is 418. The standard InChI is InChI=1S/C17H32N4O3/c1-14(2)11-19-17(20-12-16(22)21(3)4)18-8-6-9-23-13-15-7-5-10-24-15/h15H,1,5-13H2,2-4H3,(H2,18,19,20). The van der Waals surface area contributed by atoms with Gasteiger partial charge in [-0.1, -0.05) is 12.2 Å². The zero-order valence-electron chi connectivity index (χ0n) is 15.3. The smallest absolute Gasteiger partial charge is 0.243 e. The van der Waals surface area contributed by atoms with Gasteiger partial charge in [0.05, 0.1) is 12.7 Å². The molecule has 1 unspecified atom stereocenters. The Morgan fingerprint density at radius 2 is 2.21 bits per heavy atom. The van der Waals surface area contributed by atoms with Crippen molar-refractivity contribution in [1.29, 1.82) is 0 Å². The van der Waals surface area contributed by atoms with Crippen LogP contribution in [0.3, 0.4) is 0 Å². The number of carbonyl (C=O) groups excluding carboxylic acids is 1. The Morgan fingerprint density at radius 3 is 2.83 bits per heavy atom. The van der Waals surface area contributed by atoms with Crippen molar-refractivity contribution in [2.24, 2.45) is 4.99 Å². The zero-order chi connectivity index (χ0) is 17.8. The quantitative estimate of drug-likeness (QED) is 0.266. The largest absolute Gasteiger partial charge is 0.379 e. The van der Waals surface area contributed by atoms with E-state index in [0.717, 1.165) is 38.0 Å². The number of guanidine groups is 1. The minimum atomic E-state index is -0.0358. The van der Waals surface area contributed by atoms with Gasteiger partial charge in [-0.3, -0.25) is 4.79 Å². The van der Waals surface area contributed by atoms with E-state index in [9.17, 15) is 4.79 Å². The molecule has 0 aliphatic carbocycles. The average molecular weight is 340 g/mol. The van der Waals surface area contributed by atoms with E-state index in [1.54, 1.807) is 14.1 Å². The Kier molecular flexibility index (Phi) is 10.1. The molecule has 0 aromatic heterocycles. The van der Waals surface area contributed by atoms with Gasteiger partial charge in [0.2, 0.25) is 5.91 Å². The summed E-state index contributed by atoms with van der Waals surface area (Å²) in [6.45, 7) is 9.47. The highest BCUT2D eigenvalue weighted by Crippen LogP contribution is 2.11. The SMILES string of the molecule is C=C(C)CNC(=NCC(=O)N(C)C)NCCCOCC1CCCO1. The van der Waals surface area contributed by atoms with E-state index >= 15 is 0 Å². The number of rotatable bonds is 10. The maximum Gasteiger partial charge on any atom is 0.243 e. The van der Waals surface area contributed by atoms with Crippen LogP contribution in [0, 0.1) is 0 Å². The number of nitrogens with one attached hydrogen (secondary N) is 2. The summed E-state index contributed by atoms with van der Waals surface area (Å²) in [5.74, 6) is 0.582. The lowest BCUT2D eigenvalue weighted by atomic mass is 10.2. The van der Waals surface area contributed by atoms with Crippen molar-refractivity contribution in [3.05, 3.63) is 12.2 Å². The number of amides is 1. The number of hydrogen-bond donors (Lipinski definition) is 2. The summed E-state index contributed by atoms with van der Waals surface area (Å²) < 4.78 is 11.1. The number of nitrogens with zero attached hydrogens (tertiary/aromatic N) is 2. The number of hydrogen-bond acceptors (Lipinski definition) is 4. The van der Waals surface area contributed by atoms with Gasteiger partial charge < -0.3 is 25.0 Å². The molecule has 0 radical (unpaired) electrons. The Labute approximate surface area is 145 Å². The van der Waals surface area contributed by atoms with Crippen molar-refractivity contribution in [3.63, 3.8) is 0 Å². The summed E-state index contributed by atoms with van der Waals surface area (Å²) in [6.07, 6.45) is 3.36. The Balaban J connectivity index is 2.23. The third kappa shape index (κ3) is 9.52. The normalized spacial score (nSPS) is 17.6. The monoisotopic (exact) mass is 340 g/mol. The fourth-order valence-corrected chi connectivity index (χ4v) is 2.07. The molecule has 0 saturated carbocycles. The predicted molar refractivity (Wildman–Crippen MR) is 96.2 cm³/mol. The van der Waals surface area contributed by atoms with Gasteiger partial charge in [-0.05, 0) is 26.2 Å². The van der Waals surface area contributed by atoms with Crippen LogP contribution < -0.4 is 10.6 Å². The molecule has 1 rings (SSSR count). The van der Waals surface area contributed by atoms with Crippen molar-refractivity contribution in [2.45, 2.75) is 32.3 Å². The van der Waals surface area contributed by atoms with Crippen molar-refractivity contribution in [2.75, 3.05) is 53.6 Å². The first-order valence-corrected chi connectivity index (χ1v) is 8.55. The van der Waals surface area contributed by atoms with Gasteiger partial charge in [-0.2, -0.15) is 0 Å². The van der Waals surface area contributed by atoms with E-state index in [1.807, 2.05) is 6.92 Å². The van der Waals surface area contributed by atoms with E-state index in [-0.39, 0.29) is 18.6 Å². The molecule has 1 fully saturated rings. The maximum absolute atomic E-state index is 11.6. The van der Waals surface area contributed by atoms with Crippen molar-refractivity contribution in [3.8, 4) is 0 Å². The van der Waals surface area contributed by atoms with E-state index < -0.39 is 0 Å². The van der Waals surface area contributed by atoms with E-state index in [2.05, 4.69) is 22.2 Å². The Hall–Kier alpha value is -1.60. The van der Waals surface area contributed by atoms with Crippen LogP contribution in [0.25, 0.3) is 0 Å². The highest BCUT2D eigenvalue weighted by molar-refractivity contribution is 5.84. The number of ether oxygens (including phenoxy) is 2. The van der Waals surface area contributed by atoms with E-state index in [4.69, 9.17) is 9.47 Å². The molecule has 1 saturated heterocycles. The molecule has 1 aliphatic rings. The number of aliphatic imine (C=N–C) groups is 1. The van der Waals surface area contributed by atoms with Crippen molar-refractivity contribution in [1.82, 2.24) is 15.5 Å². The number of likely N-dealkylation sites (N-methyl/N-ethyl adjacent to an activating group) is 1. The summed E-state index contributed by atoms with van der Waals surface area (Å²) in [5.41, 5.74) is 1.00. The lowest BCUT2D eigenvalue weighted by Gasteiger charge is -2.14. The minimum Gasteiger partial charge on any atom is -0.379 e. The minimum absolute atomic E-state index is 0.0358. The lowest BCUT2D eigenvalue weighted by Crippen LogP contribution is -2.40. The molecule has 7 heteroatoms. The van der Waals surface area contributed by atoms with Gasteiger partial charge in [-0.15, -0.1) is 0 Å². The third-order valence-corrected chi connectivity index (χ3v) is 3.51. The molecule has 1 aliphatic heterocycles. The zero-order valence-corrected chi connectivity index (χ0v) is 15.3. The molecule has 7 nitrogen and oxygen atoms in total. The fourth-order valence-electron chi connectivity index (χ4n) is 2.07. The van der Waals surface area contributed by atoms with Gasteiger partial charge >= 0.3 is 0 Å². The molecule has 0 spiro atoms. The lowest BCUT2D eigenvalue weighted by molar-refractivity contribution is -0.127. The molecule has 0 aromatic rings. The summed E-state index contributed by atoms with van der Waals surface area (Å²) in [6, 6.07) is 0. The van der Waals surface area contributed by atoms with Crippen LogP contribution in [0.5, 0.6) is 0 Å². The summed E-state index contributed by atoms with van der Waals surface area (Å²) >= 11 is 0. The molecule has 138 valence electrons. The topological polar surface area (TPSA) is 75.2 Å². The van der Waals surface area contributed by atoms with Crippen LogP contribution in [0.2, 0.25) is 0 Å². The summed E-state index contributed by atoms with van der Waals surface area (Å²) in [5, 5.41) is 6.37. The molecular weight excluding hydrogens is 308 g/mol. The van der Waals surface area contributed by atoms with Crippen LogP contribution in [-0.4, -0.2) is 76.4 Å². The van der Waals surface area contributed by atoms with Crippen LogP contribution >= 0.6 is 0 Å². The van der Waals surface area contributed by atoms with E-state index in [0.29, 0.717) is 25.7 Å². The molecule has 0 bridgehead atoms. The van der Waals surface area contributed by atoms with Crippen LogP contribution in [0.15, 0.2) is 17.1 Å². The number of carbonyl (C=O) groups is 1. The Morgan fingerprint density at radius 1 is 1.42 bits per heavy atom. The molecule has 1 amide bonds. The third-order valence-electron chi connectivity index (χ3n) is 3.51. The van der Waals surface area contributed by atoms with Gasteiger partial charge in [-0.25, -0.2) is 4.99 Å². The summed E-state index contributed by atoms with van der Waals surface area (Å²) in [7, 11) is 3.44. The molecule has 24 heavy (non-hydrogen) atoms. The molecule has 0 aromatic carbocycles. The molecule has 2 N–H and O–H groups in total. The van der Waals surface area contributed by atoms with Crippen LogP contribution in [-0.2, 0) is 14.3 Å². The molecule has 1 atom stereocenters. The van der Waals surface area contributed by atoms with Crippen LogP contribution in [0.4, 0.5) is 0 Å². The van der Waals surface area contributed by atoms with Gasteiger partial charge in [0.25, 0.3) is 0 Å². The first-order valence-electron chi connectivity index (χ1n) is 8.55. The highest BCUT2D eigenvalue weighted by atomic mass is 16.5. The average Bonchev–Trinajstić information content (AvgIpc) is 3.05. The van der Waals surface area contributed by atoms with Gasteiger partial charge in [0.15, 0.2) is 5.96 Å². The molecule has 1 heterocycles. The van der Waals surface area contributed by atoms with Crippen molar-refractivity contribution < 1.29 is 14.3 Å². The van der Waals surface area contributed by atoms with Crippen LogP contribution in [0.1, 0.15) is 26.2 Å². The van der Waals surface area contributed by atoms with Gasteiger partial charge in [0.1, 0.15) is 6.54 Å². The maximum atomic E-state index is 11.6. The second-order valence-electron chi connectivity index (χ2n) is 6.25. The first kappa shape index (κ1) is 20.4. The van der Waals surface area contributed by atoms with Crippen molar-refractivity contribution >= 4 is 11.9 Å².